The number of allylic oxidation sites excluding steroid dienone is 1. The molecule has 8 heteroatoms. The third kappa shape index (κ3) is 5.59. The van der Waals surface area contributed by atoms with Gasteiger partial charge in [-0.3, -0.25) is 4.79 Å². The van der Waals surface area contributed by atoms with Crippen molar-refractivity contribution < 1.29 is 28.5 Å². The topological polar surface area (TPSA) is 74.4 Å². The number of methoxy groups -OCH3 is 2. The second kappa shape index (κ2) is 10.8. The van der Waals surface area contributed by atoms with Crippen molar-refractivity contribution in [3.63, 3.8) is 0 Å². The Morgan fingerprint density at radius 3 is 2.53 bits per heavy atom. The van der Waals surface area contributed by atoms with E-state index in [0.29, 0.717) is 17.7 Å². The van der Waals surface area contributed by atoms with E-state index in [1.165, 1.54) is 20.3 Å². The molecule has 0 amide bonds. The van der Waals surface area contributed by atoms with E-state index in [1.807, 2.05) is 37.3 Å². The smallest absolute Gasteiger partial charge is 0.342 e. The molecule has 4 atom stereocenters. The van der Waals surface area contributed by atoms with Gasteiger partial charge in [-0.15, -0.1) is 11.8 Å². The lowest BCUT2D eigenvalue weighted by Gasteiger charge is -2.19. The van der Waals surface area contributed by atoms with Gasteiger partial charge in [0.05, 0.1) is 36.7 Å². The molecule has 0 N–H and O–H groups in total. The van der Waals surface area contributed by atoms with Gasteiger partial charge in [0, 0.05) is 35.8 Å². The number of carbonyl (C=O) groups excluding carboxylic acids is 2. The summed E-state index contributed by atoms with van der Waals surface area (Å²) < 4.78 is 22.5. The maximum atomic E-state index is 13.2. The van der Waals surface area contributed by atoms with Crippen molar-refractivity contribution in [2.45, 2.75) is 54.6 Å². The van der Waals surface area contributed by atoms with E-state index in [2.05, 4.69) is 12.1 Å². The van der Waals surface area contributed by atoms with E-state index in [-0.39, 0.29) is 52.4 Å². The first-order valence-corrected chi connectivity index (χ1v) is 12.4. The van der Waals surface area contributed by atoms with Crippen molar-refractivity contribution in [3.8, 4) is 11.5 Å². The number of hydrogen-bond acceptors (Lipinski definition) is 7. The molecule has 0 radical (unpaired) electrons. The van der Waals surface area contributed by atoms with Crippen LogP contribution in [0.5, 0.6) is 11.5 Å². The molecule has 2 aromatic rings. The first kappa shape index (κ1) is 24.6. The molecular formula is C26H27ClO6S. The summed E-state index contributed by atoms with van der Waals surface area (Å²) in [5.41, 5.74) is 0.501. The molecule has 0 spiro atoms. The first-order chi connectivity index (χ1) is 16.4. The van der Waals surface area contributed by atoms with Crippen molar-refractivity contribution in [2.24, 2.45) is 0 Å². The minimum absolute atomic E-state index is 0.0128. The molecule has 34 heavy (non-hydrogen) atoms. The van der Waals surface area contributed by atoms with Crippen LogP contribution < -0.4 is 9.47 Å². The molecule has 0 bridgehead atoms. The number of fused-ring (bicyclic) bond motifs is 2. The Kier molecular flexibility index (Phi) is 7.86. The molecule has 180 valence electrons. The SMILES string of the molecule is COc1cc(OC)c2c(c1Cl)CC(=O)C/C=C/[C@@H](Sc1ccccc1)[C@H]1O[C@@H]1C[C@@H](C)OC2=O. The highest BCUT2D eigenvalue weighted by Gasteiger charge is 2.45. The van der Waals surface area contributed by atoms with Crippen LogP contribution in [-0.4, -0.2) is 49.5 Å². The molecular weight excluding hydrogens is 476 g/mol. The zero-order valence-corrected chi connectivity index (χ0v) is 20.9. The lowest BCUT2D eigenvalue weighted by Crippen LogP contribution is -2.22. The summed E-state index contributed by atoms with van der Waals surface area (Å²) in [6.07, 6.45) is 4.19. The predicted molar refractivity (Wildman–Crippen MR) is 131 cm³/mol. The third-order valence-corrected chi connectivity index (χ3v) is 7.47. The van der Waals surface area contributed by atoms with Gasteiger partial charge in [0.2, 0.25) is 0 Å². The molecule has 2 aromatic carbocycles. The molecule has 6 nitrogen and oxygen atoms in total. The summed E-state index contributed by atoms with van der Waals surface area (Å²) in [4.78, 5) is 27.2. The minimum Gasteiger partial charge on any atom is -0.496 e. The van der Waals surface area contributed by atoms with Crippen molar-refractivity contribution in [3.05, 3.63) is 64.7 Å². The van der Waals surface area contributed by atoms with Gasteiger partial charge in [0.15, 0.2) is 0 Å². The number of esters is 1. The number of carbonyl (C=O) groups is 2. The number of Topliss-reactive ketones (excluding diaryl/α,β-unsaturated/α-hetero) is 1. The number of ketones is 1. The number of ether oxygens (including phenoxy) is 4. The second-order valence-corrected chi connectivity index (χ2v) is 9.91. The maximum Gasteiger partial charge on any atom is 0.342 e. The van der Waals surface area contributed by atoms with E-state index >= 15 is 0 Å². The average Bonchev–Trinajstić information content (AvgIpc) is 3.58. The fourth-order valence-corrected chi connectivity index (χ4v) is 5.57. The highest BCUT2D eigenvalue weighted by molar-refractivity contribution is 8.00. The summed E-state index contributed by atoms with van der Waals surface area (Å²) in [7, 11) is 2.92. The number of cyclic esters (lactones) is 1. The van der Waals surface area contributed by atoms with Crippen LogP contribution in [0.2, 0.25) is 5.02 Å². The van der Waals surface area contributed by atoms with E-state index < -0.39 is 12.1 Å². The van der Waals surface area contributed by atoms with Crippen LogP contribution >= 0.6 is 23.4 Å². The molecule has 0 unspecified atom stereocenters. The summed E-state index contributed by atoms with van der Waals surface area (Å²) in [5, 5.41) is 0.248. The van der Waals surface area contributed by atoms with Gasteiger partial charge in [0.1, 0.15) is 28.9 Å². The summed E-state index contributed by atoms with van der Waals surface area (Å²) in [6.45, 7) is 1.83. The molecule has 2 aliphatic heterocycles. The minimum atomic E-state index is -0.586. The Bertz CT molecular complexity index is 1090. The highest BCUT2D eigenvalue weighted by Crippen LogP contribution is 2.41. The first-order valence-electron chi connectivity index (χ1n) is 11.1. The van der Waals surface area contributed by atoms with Crippen LogP contribution in [0, 0.1) is 0 Å². The predicted octanol–water partition coefficient (Wildman–Crippen LogP) is 5.29. The monoisotopic (exact) mass is 502 g/mol. The molecule has 2 aliphatic rings. The Morgan fingerprint density at radius 2 is 1.82 bits per heavy atom. The second-order valence-electron chi connectivity index (χ2n) is 8.28. The average molecular weight is 503 g/mol. The van der Waals surface area contributed by atoms with Crippen molar-refractivity contribution in [1.29, 1.82) is 0 Å². The van der Waals surface area contributed by atoms with Gasteiger partial charge in [-0.25, -0.2) is 4.79 Å². The van der Waals surface area contributed by atoms with E-state index in [9.17, 15) is 9.59 Å². The summed E-state index contributed by atoms with van der Waals surface area (Å²) in [6, 6.07) is 11.6. The molecule has 1 saturated heterocycles. The van der Waals surface area contributed by atoms with E-state index in [0.717, 1.165) is 4.90 Å². The molecule has 0 aromatic heterocycles. The van der Waals surface area contributed by atoms with Gasteiger partial charge in [-0.2, -0.15) is 0 Å². The van der Waals surface area contributed by atoms with Gasteiger partial charge in [-0.05, 0) is 19.1 Å². The van der Waals surface area contributed by atoms with Gasteiger partial charge in [-0.1, -0.05) is 42.0 Å². The standard InChI is InChI=1S/C26H27ClO6S/c1-15-12-21-25(33-21)22(34-17-9-5-4-6-10-17)11-7-8-16(28)13-18-23(26(29)32-15)19(30-2)14-20(31-3)24(18)27/h4-7,9-11,14-15,21-22,25H,8,12-13H2,1-3H3/b11-7+/t15-,21-,22-,25+/m1/s1. The molecule has 1 fully saturated rings. The van der Waals surface area contributed by atoms with Crippen LogP contribution in [0.25, 0.3) is 0 Å². The molecule has 2 heterocycles. The fraction of sp³-hybridized carbons (Fsp3) is 0.385. The Balaban J connectivity index is 1.66. The van der Waals surface area contributed by atoms with Crippen LogP contribution in [0.3, 0.4) is 0 Å². The third-order valence-electron chi connectivity index (χ3n) is 5.81. The van der Waals surface area contributed by atoms with Gasteiger partial charge < -0.3 is 18.9 Å². The molecule has 4 rings (SSSR count). The fourth-order valence-electron chi connectivity index (χ4n) is 4.09. The van der Waals surface area contributed by atoms with E-state index in [1.54, 1.807) is 11.8 Å². The Morgan fingerprint density at radius 1 is 1.09 bits per heavy atom. The number of benzene rings is 2. The van der Waals surface area contributed by atoms with Crippen molar-refractivity contribution in [2.75, 3.05) is 14.2 Å². The maximum absolute atomic E-state index is 13.2. The zero-order valence-electron chi connectivity index (χ0n) is 19.3. The number of epoxide rings is 1. The Hall–Kier alpha value is -2.48. The van der Waals surface area contributed by atoms with Gasteiger partial charge >= 0.3 is 5.97 Å². The van der Waals surface area contributed by atoms with E-state index in [4.69, 9.17) is 30.5 Å². The summed E-state index contributed by atoms with van der Waals surface area (Å²) in [5.74, 6) is -0.0964. The molecule has 0 aliphatic carbocycles. The van der Waals surface area contributed by atoms with Crippen molar-refractivity contribution >= 4 is 35.1 Å². The zero-order chi connectivity index (χ0) is 24.2. The normalized spacial score (nSPS) is 25.9. The number of hydrogen-bond donors (Lipinski definition) is 0. The number of thioether (sulfide) groups is 1. The lowest BCUT2D eigenvalue weighted by molar-refractivity contribution is -0.117. The number of halogens is 1. The molecule has 0 saturated carbocycles. The quantitative estimate of drug-likeness (QED) is 0.319. The van der Waals surface area contributed by atoms with Crippen molar-refractivity contribution in [1.82, 2.24) is 0 Å². The highest BCUT2D eigenvalue weighted by atomic mass is 35.5. The van der Waals surface area contributed by atoms with Gasteiger partial charge in [0.25, 0.3) is 0 Å². The van der Waals surface area contributed by atoms with Crippen LogP contribution in [0.15, 0.2) is 53.4 Å². The van der Waals surface area contributed by atoms with Crippen LogP contribution in [0.4, 0.5) is 0 Å². The Labute approximate surface area is 208 Å². The summed E-state index contributed by atoms with van der Waals surface area (Å²) >= 11 is 8.23. The lowest BCUT2D eigenvalue weighted by atomic mass is 9.98. The number of rotatable bonds is 4. The van der Waals surface area contributed by atoms with Crippen LogP contribution in [-0.2, 0) is 20.7 Å². The van der Waals surface area contributed by atoms with Crippen LogP contribution in [0.1, 0.15) is 35.7 Å². The largest absolute Gasteiger partial charge is 0.496 e.